The Hall–Kier alpha value is -0.960. The molecule has 1 saturated carbocycles. The predicted molar refractivity (Wildman–Crippen MR) is 60.0 cm³/mol. The Balaban J connectivity index is 2.31. The molecule has 2 bridgehead atoms. The van der Waals surface area contributed by atoms with E-state index in [0.29, 0.717) is 19.4 Å². The lowest BCUT2D eigenvalue weighted by Crippen LogP contribution is -2.44. The maximum atomic E-state index is 11.6. The van der Waals surface area contributed by atoms with E-state index >= 15 is 0 Å². The van der Waals surface area contributed by atoms with E-state index in [0.717, 1.165) is 0 Å². The third kappa shape index (κ3) is 1.73. The van der Waals surface area contributed by atoms with Crippen molar-refractivity contribution < 1.29 is 14.3 Å². The average molecular weight is 222 g/mol. The van der Waals surface area contributed by atoms with Gasteiger partial charge in [-0.05, 0) is 19.9 Å². The van der Waals surface area contributed by atoms with E-state index in [1.165, 1.54) is 6.92 Å². The number of ether oxygens (including phenoxy) is 1. The highest BCUT2D eigenvalue weighted by atomic mass is 16.5. The van der Waals surface area contributed by atoms with E-state index in [1.807, 2.05) is 13.0 Å². The van der Waals surface area contributed by atoms with E-state index in [1.54, 1.807) is 6.08 Å². The number of fused-ring (bicyclic) bond motifs is 2. The second-order valence-corrected chi connectivity index (χ2v) is 5.60. The fraction of sp³-hybridized carbons (Fsp3) is 0.692. The molecule has 0 aromatic rings. The summed E-state index contributed by atoms with van der Waals surface area (Å²) < 4.78 is 5.80. The number of hydrogen-bond donors (Lipinski definition) is 0. The van der Waals surface area contributed by atoms with Crippen LogP contribution >= 0.6 is 0 Å². The molecule has 16 heavy (non-hydrogen) atoms. The van der Waals surface area contributed by atoms with Gasteiger partial charge < -0.3 is 4.74 Å². The molecule has 0 aromatic heterocycles. The summed E-state index contributed by atoms with van der Waals surface area (Å²) in [6.45, 7) is 6.20. The van der Waals surface area contributed by atoms with Crippen LogP contribution < -0.4 is 0 Å². The van der Waals surface area contributed by atoms with Gasteiger partial charge in [0, 0.05) is 24.2 Å². The van der Waals surface area contributed by atoms with Crippen molar-refractivity contribution in [3.63, 3.8) is 0 Å². The molecule has 0 aromatic carbocycles. The van der Waals surface area contributed by atoms with Crippen LogP contribution in [0.15, 0.2) is 12.2 Å². The van der Waals surface area contributed by atoms with Gasteiger partial charge in [-0.1, -0.05) is 13.0 Å². The van der Waals surface area contributed by atoms with Crippen LogP contribution in [0.1, 0.15) is 33.6 Å². The normalized spacial score (nSPS) is 42.9. The highest BCUT2D eigenvalue weighted by molar-refractivity contribution is 5.87. The Labute approximate surface area is 95.9 Å². The molecule has 1 heterocycles. The maximum Gasteiger partial charge on any atom is 0.152 e. The van der Waals surface area contributed by atoms with Gasteiger partial charge in [0.2, 0.25) is 0 Å². The number of carbonyl (C=O) groups excluding carboxylic acids is 2. The Bertz CT molecular complexity index is 349. The van der Waals surface area contributed by atoms with Crippen LogP contribution in [-0.2, 0) is 14.3 Å². The molecule has 3 atom stereocenters. The first-order valence-electron chi connectivity index (χ1n) is 5.70. The number of hydrogen-bond acceptors (Lipinski definition) is 3. The van der Waals surface area contributed by atoms with Gasteiger partial charge in [0.25, 0.3) is 0 Å². The first kappa shape index (κ1) is 11.5. The molecule has 2 fully saturated rings. The predicted octanol–water partition coefficient (Wildman–Crippen LogP) is 1.91. The fourth-order valence-electron chi connectivity index (χ4n) is 3.14. The highest BCUT2D eigenvalue weighted by Gasteiger charge is 2.57. The van der Waals surface area contributed by atoms with E-state index in [4.69, 9.17) is 4.74 Å². The monoisotopic (exact) mass is 222 g/mol. The molecule has 2 aliphatic rings. The molecule has 3 nitrogen and oxygen atoms in total. The van der Waals surface area contributed by atoms with Crippen molar-refractivity contribution in [1.29, 1.82) is 0 Å². The van der Waals surface area contributed by atoms with E-state index in [9.17, 15) is 9.59 Å². The lowest BCUT2D eigenvalue weighted by molar-refractivity contribution is -0.128. The number of allylic oxidation sites excluding steroid dienone is 1. The summed E-state index contributed by atoms with van der Waals surface area (Å²) in [6, 6.07) is 0. The van der Waals surface area contributed by atoms with Crippen molar-refractivity contribution in [3.05, 3.63) is 12.2 Å². The Morgan fingerprint density at radius 2 is 2.12 bits per heavy atom. The molecule has 0 amide bonds. The van der Waals surface area contributed by atoms with Crippen LogP contribution in [-0.4, -0.2) is 23.8 Å². The Kier molecular flexibility index (Phi) is 2.54. The standard InChI is InChI=1S/C13H18O3/c1-9(14)4-5-11-12(2)6-10(15)7-13(11,3)16-8-12/h4-5,11H,6-8H2,1-3H3/b5-4+. The topological polar surface area (TPSA) is 43.4 Å². The third-order valence-electron chi connectivity index (χ3n) is 3.81. The molecule has 0 spiro atoms. The molecular formula is C13H18O3. The second-order valence-electron chi connectivity index (χ2n) is 5.60. The zero-order chi connectivity index (χ0) is 12.0. The molecule has 1 aliphatic carbocycles. The van der Waals surface area contributed by atoms with Gasteiger partial charge in [-0.25, -0.2) is 0 Å². The van der Waals surface area contributed by atoms with Crippen molar-refractivity contribution in [2.75, 3.05) is 6.61 Å². The van der Waals surface area contributed by atoms with Crippen LogP contribution in [0, 0.1) is 11.3 Å². The highest BCUT2D eigenvalue weighted by Crippen LogP contribution is 2.53. The molecule has 1 saturated heterocycles. The third-order valence-corrected chi connectivity index (χ3v) is 3.81. The van der Waals surface area contributed by atoms with Crippen LogP contribution in [0.4, 0.5) is 0 Å². The van der Waals surface area contributed by atoms with Gasteiger partial charge in [-0.15, -0.1) is 0 Å². The summed E-state index contributed by atoms with van der Waals surface area (Å²) in [7, 11) is 0. The van der Waals surface area contributed by atoms with Crippen molar-refractivity contribution in [2.24, 2.45) is 11.3 Å². The Morgan fingerprint density at radius 1 is 1.44 bits per heavy atom. The largest absolute Gasteiger partial charge is 0.374 e. The number of ketones is 2. The molecule has 1 aliphatic heterocycles. The van der Waals surface area contributed by atoms with E-state index in [2.05, 4.69) is 6.92 Å². The summed E-state index contributed by atoms with van der Waals surface area (Å²) in [5, 5.41) is 0. The SMILES string of the molecule is CC(=O)/C=C/C1C2(C)COC1(C)CC(=O)C2. The smallest absolute Gasteiger partial charge is 0.152 e. The van der Waals surface area contributed by atoms with Crippen LogP contribution in [0.2, 0.25) is 0 Å². The summed E-state index contributed by atoms with van der Waals surface area (Å²) in [5.41, 5.74) is -0.536. The minimum absolute atomic E-state index is 0.0449. The summed E-state index contributed by atoms with van der Waals surface area (Å²) >= 11 is 0. The minimum atomic E-state index is -0.407. The molecule has 2 rings (SSSR count). The van der Waals surface area contributed by atoms with Gasteiger partial charge in [0.1, 0.15) is 5.78 Å². The number of rotatable bonds is 2. The first-order valence-corrected chi connectivity index (χ1v) is 5.70. The lowest BCUT2D eigenvalue weighted by Gasteiger charge is -2.39. The molecule has 3 heteroatoms. The first-order chi connectivity index (χ1) is 7.36. The molecule has 3 unspecified atom stereocenters. The molecule has 88 valence electrons. The van der Waals surface area contributed by atoms with Gasteiger partial charge >= 0.3 is 0 Å². The van der Waals surface area contributed by atoms with Crippen LogP contribution in [0.5, 0.6) is 0 Å². The average Bonchev–Trinajstić information content (AvgIpc) is 2.27. The Morgan fingerprint density at radius 3 is 2.69 bits per heavy atom. The minimum Gasteiger partial charge on any atom is -0.374 e. The van der Waals surface area contributed by atoms with Crippen molar-refractivity contribution in [1.82, 2.24) is 0 Å². The van der Waals surface area contributed by atoms with E-state index in [-0.39, 0.29) is 22.9 Å². The van der Waals surface area contributed by atoms with Gasteiger partial charge in [0.05, 0.1) is 12.2 Å². The lowest BCUT2D eigenvalue weighted by atomic mass is 9.63. The zero-order valence-corrected chi connectivity index (χ0v) is 10.1. The van der Waals surface area contributed by atoms with Crippen LogP contribution in [0.3, 0.4) is 0 Å². The second kappa shape index (κ2) is 3.52. The summed E-state index contributed by atoms with van der Waals surface area (Å²) in [6.07, 6.45) is 4.57. The number of Topliss-reactive ketones (excluding diaryl/α,β-unsaturated/α-hetero) is 1. The van der Waals surface area contributed by atoms with Crippen molar-refractivity contribution in [3.8, 4) is 0 Å². The van der Waals surface area contributed by atoms with E-state index < -0.39 is 5.60 Å². The van der Waals surface area contributed by atoms with Gasteiger partial charge in [-0.3, -0.25) is 9.59 Å². The maximum absolute atomic E-state index is 11.6. The fourth-order valence-corrected chi connectivity index (χ4v) is 3.14. The summed E-state index contributed by atoms with van der Waals surface area (Å²) in [5.74, 6) is 0.486. The van der Waals surface area contributed by atoms with Gasteiger partial charge in [-0.2, -0.15) is 0 Å². The zero-order valence-electron chi connectivity index (χ0n) is 10.1. The quantitative estimate of drug-likeness (QED) is 0.670. The van der Waals surface area contributed by atoms with Gasteiger partial charge in [0.15, 0.2) is 5.78 Å². The van der Waals surface area contributed by atoms with Crippen LogP contribution in [0.25, 0.3) is 0 Å². The molecular weight excluding hydrogens is 204 g/mol. The van der Waals surface area contributed by atoms with Crippen molar-refractivity contribution >= 4 is 11.6 Å². The van der Waals surface area contributed by atoms with Crippen molar-refractivity contribution in [2.45, 2.75) is 39.2 Å². The number of carbonyl (C=O) groups is 2. The summed E-state index contributed by atoms with van der Waals surface area (Å²) in [4.78, 5) is 22.6. The molecule has 0 N–H and O–H groups in total. The molecule has 0 radical (unpaired) electrons.